The van der Waals surface area contributed by atoms with E-state index in [-0.39, 0.29) is 13.1 Å². The quantitative estimate of drug-likeness (QED) is 0.813. The third-order valence-corrected chi connectivity index (χ3v) is 2.92. The van der Waals surface area contributed by atoms with Crippen molar-refractivity contribution in [3.8, 4) is 0 Å². The van der Waals surface area contributed by atoms with Gasteiger partial charge in [-0.15, -0.1) is 0 Å². The second kappa shape index (κ2) is 3.55. The Morgan fingerprint density at radius 3 is 2.79 bits per heavy atom. The smallest absolute Gasteiger partial charge is 0.272 e. The number of likely N-dealkylation sites (tertiary alicyclic amines) is 1. The maximum absolute atomic E-state index is 12.5. The van der Waals surface area contributed by atoms with Crippen molar-refractivity contribution >= 4 is 15.9 Å². The van der Waals surface area contributed by atoms with Crippen molar-refractivity contribution in [1.29, 1.82) is 0 Å². The lowest BCUT2D eigenvalue weighted by Gasteiger charge is -2.38. The van der Waals surface area contributed by atoms with Gasteiger partial charge in [0.1, 0.15) is 0 Å². The van der Waals surface area contributed by atoms with Crippen molar-refractivity contribution in [2.24, 2.45) is 0 Å². The van der Waals surface area contributed by atoms with E-state index in [0.29, 0.717) is 6.54 Å². The van der Waals surface area contributed by atoms with E-state index >= 15 is 0 Å². The molecule has 1 aromatic heterocycles. The average Bonchev–Trinajstić information content (AvgIpc) is 2.05. The molecule has 5 heteroatoms. The first-order valence-electron chi connectivity index (χ1n) is 4.25. The van der Waals surface area contributed by atoms with Gasteiger partial charge in [0, 0.05) is 23.4 Å². The molecule has 0 saturated carbocycles. The minimum Gasteiger partial charge on any atom is -0.287 e. The number of nitrogens with zero attached hydrogens (tertiary/aromatic N) is 2. The molecule has 1 aromatic rings. The molecule has 0 spiro atoms. The number of halogens is 3. The van der Waals surface area contributed by atoms with Gasteiger partial charge in [0.25, 0.3) is 5.92 Å². The normalized spacial score (nSPS) is 20.5. The van der Waals surface area contributed by atoms with Crippen LogP contribution in [0, 0.1) is 0 Å². The van der Waals surface area contributed by atoms with Gasteiger partial charge in [-0.1, -0.05) is 15.9 Å². The summed E-state index contributed by atoms with van der Waals surface area (Å²) in [6.45, 7) is 0.243. The van der Waals surface area contributed by atoms with Gasteiger partial charge in [0.05, 0.1) is 13.1 Å². The van der Waals surface area contributed by atoms with E-state index in [9.17, 15) is 8.78 Å². The first kappa shape index (κ1) is 9.98. The average molecular weight is 263 g/mol. The number of rotatable bonds is 2. The standard InChI is InChI=1S/C9H9BrF2N2/c10-8-1-2-13-3-7(8)4-14-5-9(11,12)6-14/h1-3H,4-6H2. The Balaban J connectivity index is 1.97. The number of pyridine rings is 1. The lowest BCUT2D eigenvalue weighted by molar-refractivity contribution is -0.134. The highest BCUT2D eigenvalue weighted by Gasteiger charge is 2.43. The minimum atomic E-state index is -2.49. The van der Waals surface area contributed by atoms with Crippen LogP contribution in [0.4, 0.5) is 8.78 Å². The molecule has 2 rings (SSSR count). The summed E-state index contributed by atoms with van der Waals surface area (Å²) in [6.07, 6.45) is 3.36. The van der Waals surface area contributed by atoms with Crippen LogP contribution in [0.1, 0.15) is 5.56 Å². The molecule has 1 saturated heterocycles. The van der Waals surface area contributed by atoms with Crippen LogP contribution >= 0.6 is 15.9 Å². The predicted molar refractivity (Wildman–Crippen MR) is 52.2 cm³/mol. The van der Waals surface area contributed by atoms with E-state index in [1.54, 1.807) is 17.3 Å². The topological polar surface area (TPSA) is 16.1 Å². The van der Waals surface area contributed by atoms with Crippen LogP contribution in [0.15, 0.2) is 22.9 Å². The first-order chi connectivity index (χ1) is 6.57. The Bertz CT molecular complexity index is 335. The van der Waals surface area contributed by atoms with Crippen molar-refractivity contribution < 1.29 is 8.78 Å². The van der Waals surface area contributed by atoms with Crippen molar-refractivity contribution in [3.05, 3.63) is 28.5 Å². The van der Waals surface area contributed by atoms with Crippen molar-refractivity contribution in [2.45, 2.75) is 12.5 Å². The van der Waals surface area contributed by atoms with Gasteiger partial charge < -0.3 is 0 Å². The molecule has 0 N–H and O–H groups in total. The van der Waals surface area contributed by atoms with Crippen LogP contribution < -0.4 is 0 Å². The zero-order valence-corrected chi connectivity index (χ0v) is 8.97. The summed E-state index contributed by atoms with van der Waals surface area (Å²) < 4.78 is 26.0. The SMILES string of the molecule is FC1(F)CN(Cc2cnccc2Br)C1. The van der Waals surface area contributed by atoms with Crippen molar-refractivity contribution in [3.63, 3.8) is 0 Å². The van der Waals surface area contributed by atoms with Crippen LogP contribution in [0.3, 0.4) is 0 Å². The molecule has 76 valence electrons. The zero-order chi connectivity index (χ0) is 10.2. The molecular formula is C9H9BrF2N2. The second-order valence-corrected chi connectivity index (χ2v) is 4.32. The maximum Gasteiger partial charge on any atom is 0.272 e. The Labute approximate surface area is 89.1 Å². The van der Waals surface area contributed by atoms with Crippen LogP contribution in [0.5, 0.6) is 0 Å². The fourth-order valence-corrected chi connectivity index (χ4v) is 1.83. The minimum absolute atomic E-state index is 0.145. The molecular weight excluding hydrogens is 254 g/mol. The predicted octanol–water partition coefficient (Wildman–Crippen LogP) is 2.29. The van der Waals surface area contributed by atoms with Crippen LogP contribution in [0.25, 0.3) is 0 Å². The van der Waals surface area contributed by atoms with E-state index in [1.807, 2.05) is 6.07 Å². The molecule has 1 aliphatic rings. The van der Waals surface area contributed by atoms with Gasteiger partial charge in [-0.05, 0) is 11.6 Å². The number of alkyl halides is 2. The fraction of sp³-hybridized carbons (Fsp3) is 0.444. The zero-order valence-electron chi connectivity index (χ0n) is 7.38. The molecule has 0 aliphatic carbocycles. The largest absolute Gasteiger partial charge is 0.287 e. The van der Waals surface area contributed by atoms with Crippen LogP contribution in [0.2, 0.25) is 0 Å². The molecule has 0 amide bonds. The number of hydrogen-bond donors (Lipinski definition) is 0. The molecule has 14 heavy (non-hydrogen) atoms. The van der Waals surface area contributed by atoms with Gasteiger partial charge in [-0.25, -0.2) is 8.78 Å². The van der Waals surface area contributed by atoms with Crippen molar-refractivity contribution in [1.82, 2.24) is 9.88 Å². The third-order valence-electron chi connectivity index (χ3n) is 2.15. The summed E-state index contributed by atoms with van der Waals surface area (Å²) in [6, 6.07) is 1.81. The molecule has 0 atom stereocenters. The Morgan fingerprint density at radius 1 is 1.50 bits per heavy atom. The van der Waals surface area contributed by atoms with E-state index in [1.165, 1.54) is 0 Å². The summed E-state index contributed by atoms with van der Waals surface area (Å²) in [4.78, 5) is 5.65. The van der Waals surface area contributed by atoms with E-state index in [2.05, 4.69) is 20.9 Å². The Kier molecular flexibility index (Phi) is 2.53. The Morgan fingerprint density at radius 2 is 2.21 bits per heavy atom. The second-order valence-electron chi connectivity index (χ2n) is 3.47. The fourth-order valence-electron chi connectivity index (χ4n) is 1.49. The van der Waals surface area contributed by atoms with Gasteiger partial charge in [0.15, 0.2) is 0 Å². The molecule has 0 unspecified atom stereocenters. The maximum atomic E-state index is 12.5. The molecule has 1 aliphatic heterocycles. The summed E-state index contributed by atoms with van der Waals surface area (Å²) in [7, 11) is 0. The summed E-state index contributed by atoms with van der Waals surface area (Å²) in [5.41, 5.74) is 0.947. The molecule has 0 bridgehead atoms. The molecule has 2 nitrogen and oxygen atoms in total. The van der Waals surface area contributed by atoms with Crippen LogP contribution in [-0.2, 0) is 6.54 Å². The highest BCUT2D eigenvalue weighted by Crippen LogP contribution is 2.29. The number of aromatic nitrogens is 1. The van der Waals surface area contributed by atoms with E-state index in [4.69, 9.17) is 0 Å². The number of hydrogen-bond acceptors (Lipinski definition) is 2. The summed E-state index contributed by atoms with van der Waals surface area (Å²) >= 11 is 3.35. The monoisotopic (exact) mass is 262 g/mol. The van der Waals surface area contributed by atoms with E-state index in [0.717, 1.165) is 10.0 Å². The lowest BCUT2D eigenvalue weighted by Crippen LogP contribution is -2.55. The molecule has 2 heterocycles. The summed E-state index contributed by atoms with van der Waals surface area (Å²) in [5, 5.41) is 0. The van der Waals surface area contributed by atoms with Gasteiger partial charge in [-0.2, -0.15) is 0 Å². The van der Waals surface area contributed by atoms with Gasteiger partial charge >= 0.3 is 0 Å². The van der Waals surface area contributed by atoms with Gasteiger partial charge in [0.2, 0.25) is 0 Å². The van der Waals surface area contributed by atoms with Crippen molar-refractivity contribution in [2.75, 3.05) is 13.1 Å². The Hall–Kier alpha value is -0.550. The first-order valence-corrected chi connectivity index (χ1v) is 5.05. The van der Waals surface area contributed by atoms with Crippen LogP contribution in [-0.4, -0.2) is 28.9 Å². The molecule has 0 radical (unpaired) electrons. The lowest BCUT2D eigenvalue weighted by atomic mass is 10.1. The highest BCUT2D eigenvalue weighted by atomic mass is 79.9. The summed E-state index contributed by atoms with van der Waals surface area (Å²) in [5.74, 6) is -2.49. The third kappa shape index (κ3) is 2.09. The molecule has 0 aromatic carbocycles. The van der Waals surface area contributed by atoms with E-state index < -0.39 is 5.92 Å². The highest BCUT2D eigenvalue weighted by molar-refractivity contribution is 9.10. The van der Waals surface area contributed by atoms with Gasteiger partial charge in [-0.3, -0.25) is 9.88 Å². The molecule has 1 fully saturated rings.